The highest BCUT2D eigenvalue weighted by Crippen LogP contribution is 2.21. The smallest absolute Gasteiger partial charge is 0.341 e. The molecule has 0 spiro atoms. The number of benzene rings is 2. The molecule has 168 valence electrons. The zero-order chi connectivity index (χ0) is 22.7. The molecule has 11 heteroatoms. The molecule has 0 saturated carbocycles. The Morgan fingerprint density at radius 2 is 1.94 bits per heavy atom. The van der Waals surface area contributed by atoms with E-state index < -0.39 is 28.0 Å². The molecule has 1 atom stereocenters. The van der Waals surface area contributed by atoms with Crippen molar-refractivity contribution in [2.75, 3.05) is 31.6 Å². The summed E-state index contributed by atoms with van der Waals surface area (Å²) in [6.07, 6.45) is 0.473. The fraction of sp³-hybridized carbons (Fsp3) is 0.286. The lowest BCUT2D eigenvalue weighted by molar-refractivity contribution is -0.123. The standard InChI is InChI=1S/C21H22N4O6S/c1-14(31-21(27)18-7-2-4-15-13-22-24-19(15)18)20(26)23-16-5-3-6-17(12-16)32(28,29)25-8-10-30-11-9-25/h2-7,12-14H,8-11H2,1H3,(H,22,24)(H,23,26)/t14-/m0/s1. The van der Waals surface area contributed by atoms with Gasteiger partial charge in [-0.3, -0.25) is 9.89 Å². The van der Waals surface area contributed by atoms with Gasteiger partial charge >= 0.3 is 5.97 Å². The molecule has 0 radical (unpaired) electrons. The maximum Gasteiger partial charge on any atom is 0.341 e. The lowest BCUT2D eigenvalue weighted by atomic mass is 10.1. The van der Waals surface area contributed by atoms with Crippen molar-refractivity contribution in [2.45, 2.75) is 17.9 Å². The number of fused-ring (bicyclic) bond motifs is 1. The number of nitrogens with zero attached hydrogens (tertiary/aromatic N) is 2. The van der Waals surface area contributed by atoms with E-state index in [1.54, 1.807) is 36.5 Å². The molecular weight excluding hydrogens is 436 g/mol. The topological polar surface area (TPSA) is 131 Å². The van der Waals surface area contributed by atoms with Crippen LogP contribution < -0.4 is 5.32 Å². The predicted octanol–water partition coefficient (Wildman–Crippen LogP) is 1.77. The van der Waals surface area contributed by atoms with Crippen molar-refractivity contribution in [1.29, 1.82) is 0 Å². The second-order valence-corrected chi connectivity index (χ2v) is 9.16. The van der Waals surface area contributed by atoms with Gasteiger partial charge in [-0.2, -0.15) is 9.40 Å². The van der Waals surface area contributed by atoms with Crippen LogP contribution in [0.25, 0.3) is 10.9 Å². The average molecular weight is 458 g/mol. The first-order chi connectivity index (χ1) is 15.4. The number of hydrogen-bond acceptors (Lipinski definition) is 7. The highest BCUT2D eigenvalue weighted by atomic mass is 32.2. The molecular formula is C21H22N4O6S. The van der Waals surface area contributed by atoms with Crippen LogP contribution in [0.5, 0.6) is 0 Å². The van der Waals surface area contributed by atoms with Crippen LogP contribution in [-0.2, 0) is 24.3 Å². The number of aromatic nitrogens is 2. The zero-order valence-corrected chi connectivity index (χ0v) is 18.1. The van der Waals surface area contributed by atoms with E-state index in [2.05, 4.69) is 15.5 Å². The summed E-state index contributed by atoms with van der Waals surface area (Å²) in [6.45, 7) is 2.66. The Morgan fingerprint density at radius 1 is 1.19 bits per heavy atom. The summed E-state index contributed by atoms with van der Waals surface area (Å²) in [5.41, 5.74) is 1.06. The second kappa shape index (κ2) is 9.07. The molecule has 1 aliphatic heterocycles. The van der Waals surface area contributed by atoms with Crippen molar-refractivity contribution in [3.8, 4) is 0 Å². The fourth-order valence-electron chi connectivity index (χ4n) is 3.33. The van der Waals surface area contributed by atoms with E-state index >= 15 is 0 Å². The monoisotopic (exact) mass is 458 g/mol. The Morgan fingerprint density at radius 3 is 2.72 bits per heavy atom. The number of carbonyl (C=O) groups excluding carboxylic acids is 2. The van der Waals surface area contributed by atoms with Crippen molar-refractivity contribution in [3.63, 3.8) is 0 Å². The predicted molar refractivity (Wildman–Crippen MR) is 116 cm³/mol. The Balaban J connectivity index is 1.44. The zero-order valence-electron chi connectivity index (χ0n) is 17.3. The average Bonchev–Trinajstić information content (AvgIpc) is 3.28. The molecule has 10 nitrogen and oxygen atoms in total. The Hall–Kier alpha value is -3.28. The van der Waals surface area contributed by atoms with Gasteiger partial charge in [-0.15, -0.1) is 0 Å². The van der Waals surface area contributed by atoms with Crippen molar-refractivity contribution in [1.82, 2.24) is 14.5 Å². The van der Waals surface area contributed by atoms with Crippen LogP contribution in [0, 0.1) is 0 Å². The van der Waals surface area contributed by atoms with Gasteiger partial charge in [0.1, 0.15) is 0 Å². The summed E-state index contributed by atoms with van der Waals surface area (Å²) in [7, 11) is -3.70. The maximum atomic E-state index is 12.8. The minimum Gasteiger partial charge on any atom is -0.449 e. The molecule has 0 aliphatic carbocycles. The number of sulfonamides is 1. The summed E-state index contributed by atoms with van der Waals surface area (Å²) in [4.78, 5) is 25.2. The molecule has 1 saturated heterocycles. The Bertz CT molecular complexity index is 1250. The molecule has 32 heavy (non-hydrogen) atoms. The number of morpholine rings is 1. The van der Waals surface area contributed by atoms with E-state index in [1.165, 1.54) is 23.4 Å². The van der Waals surface area contributed by atoms with Gasteiger partial charge in [0.25, 0.3) is 5.91 Å². The van der Waals surface area contributed by atoms with Crippen molar-refractivity contribution >= 4 is 38.5 Å². The quantitative estimate of drug-likeness (QED) is 0.538. The Labute approximate surface area is 184 Å². The van der Waals surface area contributed by atoms with Crippen molar-refractivity contribution in [2.24, 2.45) is 0 Å². The number of hydrogen-bond donors (Lipinski definition) is 2. The van der Waals surface area contributed by atoms with Crippen LogP contribution in [0.15, 0.2) is 53.6 Å². The summed E-state index contributed by atoms with van der Waals surface area (Å²) < 4.78 is 37.5. The molecule has 0 bridgehead atoms. The van der Waals surface area contributed by atoms with Gasteiger partial charge in [0.05, 0.1) is 35.4 Å². The fourth-order valence-corrected chi connectivity index (χ4v) is 4.79. The lowest BCUT2D eigenvalue weighted by Gasteiger charge is -2.26. The molecule has 4 rings (SSSR count). The van der Waals surface area contributed by atoms with E-state index in [0.29, 0.717) is 18.7 Å². The molecule has 1 aliphatic rings. The number of rotatable bonds is 6. The number of H-pyrrole nitrogens is 1. The van der Waals surface area contributed by atoms with E-state index in [4.69, 9.17) is 9.47 Å². The van der Waals surface area contributed by atoms with Gasteiger partial charge < -0.3 is 14.8 Å². The minimum absolute atomic E-state index is 0.0628. The molecule has 0 unspecified atom stereocenters. The van der Waals surface area contributed by atoms with Crippen LogP contribution in [-0.4, -0.2) is 67.2 Å². The van der Waals surface area contributed by atoms with Gasteiger partial charge in [-0.1, -0.05) is 18.2 Å². The molecule has 2 N–H and O–H groups in total. The second-order valence-electron chi connectivity index (χ2n) is 7.22. The van der Waals surface area contributed by atoms with Gasteiger partial charge in [0, 0.05) is 24.2 Å². The van der Waals surface area contributed by atoms with Crippen LogP contribution in [0.4, 0.5) is 5.69 Å². The summed E-state index contributed by atoms with van der Waals surface area (Å²) in [5, 5.41) is 9.99. The van der Waals surface area contributed by atoms with Crippen LogP contribution >= 0.6 is 0 Å². The third kappa shape index (κ3) is 4.49. The van der Waals surface area contributed by atoms with E-state index in [1.807, 2.05) is 0 Å². The van der Waals surface area contributed by atoms with Crippen molar-refractivity contribution < 1.29 is 27.5 Å². The SMILES string of the molecule is C[C@H](OC(=O)c1cccc2cn[nH]c12)C(=O)Nc1cccc(S(=O)(=O)N2CCOCC2)c1. The maximum absolute atomic E-state index is 12.8. The largest absolute Gasteiger partial charge is 0.449 e. The van der Waals surface area contributed by atoms with Crippen LogP contribution in [0.3, 0.4) is 0 Å². The number of carbonyl (C=O) groups is 2. The van der Waals surface area contributed by atoms with Gasteiger partial charge in [-0.25, -0.2) is 13.2 Å². The first-order valence-corrected chi connectivity index (χ1v) is 11.4. The number of anilines is 1. The van der Waals surface area contributed by atoms with E-state index in [9.17, 15) is 18.0 Å². The number of nitrogens with one attached hydrogen (secondary N) is 2. The van der Waals surface area contributed by atoms with Gasteiger partial charge in [0.15, 0.2) is 6.10 Å². The third-order valence-electron chi connectivity index (χ3n) is 5.06. The van der Waals surface area contributed by atoms with Crippen molar-refractivity contribution in [3.05, 3.63) is 54.2 Å². The Kier molecular flexibility index (Phi) is 6.21. The van der Waals surface area contributed by atoms with Crippen LogP contribution in [0.2, 0.25) is 0 Å². The highest BCUT2D eigenvalue weighted by Gasteiger charge is 2.27. The van der Waals surface area contributed by atoms with Crippen LogP contribution in [0.1, 0.15) is 17.3 Å². The molecule has 2 aromatic carbocycles. The number of esters is 1. The lowest BCUT2D eigenvalue weighted by Crippen LogP contribution is -2.40. The number of amides is 1. The third-order valence-corrected chi connectivity index (χ3v) is 6.95. The van der Waals surface area contributed by atoms with Gasteiger partial charge in [-0.05, 0) is 31.2 Å². The number of para-hydroxylation sites is 1. The van der Waals surface area contributed by atoms with E-state index in [0.717, 1.165) is 5.39 Å². The molecule has 1 amide bonds. The normalized spacial score (nSPS) is 15.9. The summed E-state index contributed by atoms with van der Waals surface area (Å²) >= 11 is 0. The van der Waals surface area contributed by atoms with E-state index in [-0.39, 0.29) is 29.2 Å². The molecule has 2 heterocycles. The van der Waals surface area contributed by atoms with Gasteiger partial charge in [0.2, 0.25) is 10.0 Å². The minimum atomic E-state index is -3.70. The summed E-state index contributed by atoms with van der Waals surface area (Å²) in [5.74, 6) is -1.26. The first kappa shape index (κ1) is 21.9. The summed E-state index contributed by atoms with van der Waals surface area (Å²) in [6, 6.07) is 11.0. The molecule has 3 aromatic rings. The number of ether oxygens (including phenoxy) is 2. The molecule has 1 fully saturated rings. The number of aromatic amines is 1. The first-order valence-electron chi connectivity index (χ1n) is 9.98. The molecule has 1 aromatic heterocycles. The highest BCUT2D eigenvalue weighted by molar-refractivity contribution is 7.89.